The Hall–Kier alpha value is -2.36. The number of rotatable bonds is 5. The van der Waals surface area contributed by atoms with Crippen molar-refractivity contribution in [3.05, 3.63) is 41.5 Å². The molecule has 5 atom stereocenters. The molecule has 0 amide bonds. The molecule has 1 aliphatic heterocycles. The van der Waals surface area contributed by atoms with Crippen molar-refractivity contribution in [2.24, 2.45) is 23.2 Å². The summed E-state index contributed by atoms with van der Waals surface area (Å²) in [6.45, 7) is 8.31. The van der Waals surface area contributed by atoms with Crippen LogP contribution >= 0.6 is 0 Å². The Morgan fingerprint density at radius 2 is 2.00 bits per heavy atom. The van der Waals surface area contributed by atoms with Crippen molar-refractivity contribution in [1.29, 1.82) is 5.26 Å². The van der Waals surface area contributed by atoms with E-state index in [1.165, 1.54) is 55.9 Å². The lowest BCUT2D eigenvalue weighted by atomic mass is 9.50. The van der Waals surface area contributed by atoms with Crippen molar-refractivity contribution < 1.29 is 24.1 Å². The number of hydrogen-bond acceptors (Lipinski definition) is 5. The largest absolute Gasteiger partial charge is 0.493 e. The van der Waals surface area contributed by atoms with Gasteiger partial charge in [0, 0.05) is 5.92 Å². The monoisotopic (exact) mass is 481 g/mol. The molecule has 1 saturated heterocycles. The molecule has 1 N–H and O–H groups in total. The van der Waals surface area contributed by atoms with Gasteiger partial charge in [-0.2, -0.15) is 5.26 Å². The lowest BCUT2D eigenvalue weighted by Crippen LogP contribution is -2.54. The maximum Gasteiger partial charge on any atom is 0.339 e. The molecule has 1 heterocycles. The number of aromatic carboxylic acids is 1. The number of nitriles is 1. The van der Waals surface area contributed by atoms with Gasteiger partial charge in [-0.15, -0.1) is 0 Å². The molecular weight excluding hydrogens is 442 g/mol. The Bertz CT molecular complexity index is 941. The van der Waals surface area contributed by atoms with Crippen LogP contribution in [0.25, 0.3) is 0 Å². The molecule has 4 fully saturated rings. The Kier molecular flexibility index (Phi) is 8.51. The van der Waals surface area contributed by atoms with Crippen LogP contribution in [0, 0.1) is 34.5 Å². The minimum absolute atomic E-state index is 0.0811. The van der Waals surface area contributed by atoms with Gasteiger partial charge in [0.15, 0.2) is 0 Å². The third-order valence-corrected chi connectivity index (χ3v) is 8.81. The summed E-state index contributed by atoms with van der Waals surface area (Å²) >= 11 is 0. The Morgan fingerprint density at radius 3 is 2.69 bits per heavy atom. The first-order chi connectivity index (χ1) is 16.9. The molecule has 0 radical (unpaired) electrons. The smallest absolute Gasteiger partial charge is 0.339 e. The molecular formula is C29H39NO5. The van der Waals surface area contributed by atoms with Gasteiger partial charge < -0.3 is 19.3 Å². The van der Waals surface area contributed by atoms with E-state index in [4.69, 9.17) is 19.5 Å². The van der Waals surface area contributed by atoms with Gasteiger partial charge in [-0.3, -0.25) is 0 Å². The van der Waals surface area contributed by atoms with Crippen LogP contribution in [0.15, 0.2) is 30.4 Å². The lowest BCUT2D eigenvalue weighted by molar-refractivity contribution is -0.218. The predicted molar refractivity (Wildman–Crippen MR) is 133 cm³/mol. The number of hydrogen-bond donors (Lipinski definition) is 1. The van der Waals surface area contributed by atoms with Crippen LogP contribution in [0.5, 0.6) is 5.75 Å². The normalized spacial score (nSPS) is 31.8. The number of carboxylic acid groups (broad SMARTS) is 1. The van der Waals surface area contributed by atoms with Crippen LogP contribution < -0.4 is 4.74 Å². The maximum atomic E-state index is 11.5. The van der Waals surface area contributed by atoms with E-state index in [0.717, 1.165) is 38.7 Å². The second kappa shape index (κ2) is 11.6. The van der Waals surface area contributed by atoms with E-state index in [1.54, 1.807) is 0 Å². The fourth-order valence-electron chi connectivity index (χ4n) is 6.90. The van der Waals surface area contributed by atoms with Crippen molar-refractivity contribution in [2.45, 2.75) is 77.2 Å². The summed E-state index contributed by atoms with van der Waals surface area (Å²) in [5, 5.41) is 18.6. The zero-order chi connectivity index (χ0) is 24.8. The molecule has 3 aliphatic carbocycles. The van der Waals surface area contributed by atoms with Gasteiger partial charge in [-0.05, 0) is 67.6 Å². The predicted octanol–water partition coefficient (Wildman–Crippen LogP) is 6.35. The molecule has 0 spiro atoms. The highest BCUT2D eigenvalue weighted by Crippen LogP contribution is 2.58. The van der Waals surface area contributed by atoms with Gasteiger partial charge in [-0.25, -0.2) is 4.79 Å². The summed E-state index contributed by atoms with van der Waals surface area (Å²) in [7, 11) is 0. The van der Waals surface area contributed by atoms with Crippen molar-refractivity contribution in [3.63, 3.8) is 0 Å². The van der Waals surface area contributed by atoms with Gasteiger partial charge in [0.2, 0.25) is 0 Å². The molecule has 6 heteroatoms. The molecule has 5 unspecified atom stereocenters. The van der Waals surface area contributed by atoms with E-state index in [1.807, 2.05) is 6.07 Å². The quantitative estimate of drug-likeness (QED) is 0.493. The molecule has 5 rings (SSSR count). The average molecular weight is 482 g/mol. The van der Waals surface area contributed by atoms with Crippen molar-refractivity contribution in [1.82, 2.24) is 0 Å². The van der Waals surface area contributed by atoms with Crippen LogP contribution in [0.4, 0.5) is 0 Å². The highest BCUT2D eigenvalue weighted by Gasteiger charge is 2.53. The first kappa shape index (κ1) is 25.7. The minimum Gasteiger partial charge on any atom is -0.493 e. The molecule has 4 aliphatic rings. The van der Waals surface area contributed by atoms with Crippen LogP contribution in [0.3, 0.4) is 0 Å². The summed E-state index contributed by atoms with van der Waals surface area (Å²) in [6, 6.07) is 6.47. The highest BCUT2D eigenvalue weighted by molar-refractivity contribution is 5.91. The highest BCUT2D eigenvalue weighted by atomic mass is 16.7. The average Bonchev–Trinajstić information content (AvgIpc) is 3.45. The van der Waals surface area contributed by atoms with Crippen molar-refractivity contribution in [3.8, 4) is 11.8 Å². The number of allylic oxidation sites excluding steroid dienone is 1. The molecule has 35 heavy (non-hydrogen) atoms. The maximum absolute atomic E-state index is 11.5. The number of carboxylic acids is 1. The van der Waals surface area contributed by atoms with Crippen LogP contribution in [-0.4, -0.2) is 37.2 Å². The van der Waals surface area contributed by atoms with E-state index >= 15 is 0 Å². The second-order valence-electron chi connectivity index (χ2n) is 10.8. The Labute approximate surface area is 209 Å². The standard InChI is InChI=1S/C24H29NO5.C5H10/c1-15-3-6-20-18-13-28-14-30-21(18)7-9-24(20,2)19(15)8-10-29-22-11-16(12-25)4-5-17(22)23(26)27;1-2-4-5-3-1/h4-5,11,18-21H,1,3,6-10,13-14H2,2H3,(H,26,27);1-5H2. The summed E-state index contributed by atoms with van der Waals surface area (Å²) in [5.74, 6) is 0.469. The summed E-state index contributed by atoms with van der Waals surface area (Å²) in [6.07, 6.45) is 12.8. The molecule has 1 aromatic carbocycles. The molecule has 190 valence electrons. The van der Waals surface area contributed by atoms with Crippen molar-refractivity contribution in [2.75, 3.05) is 20.0 Å². The fraction of sp³-hybridized carbons (Fsp3) is 0.655. The Balaban J connectivity index is 0.000000514. The fourth-order valence-corrected chi connectivity index (χ4v) is 6.90. The van der Waals surface area contributed by atoms with Crippen LogP contribution in [-0.2, 0) is 9.47 Å². The van der Waals surface area contributed by atoms with Crippen molar-refractivity contribution >= 4 is 5.97 Å². The van der Waals surface area contributed by atoms with E-state index in [2.05, 4.69) is 13.5 Å². The topological polar surface area (TPSA) is 88.8 Å². The first-order valence-corrected chi connectivity index (χ1v) is 13.2. The van der Waals surface area contributed by atoms with Crippen LogP contribution in [0.1, 0.15) is 87.1 Å². The van der Waals surface area contributed by atoms with Gasteiger partial charge in [0.25, 0.3) is 0 Å². The minimum atomic E-state index is -1.06. The summed E-state index contributed by atoms with van der Waals surface area (Å²) < 4.78 is 17.4. The molecule has 3 saturated carbocycles. The number of fused-ring (bicyclic) bond motifs is 3. The molecule has 1 aromatic rings. The van der Waals surface area contributed by atoms with Gasteiger partial charge in [0.05, 0.1) is 31.0 Å². The summed E-state index contributed by atoms with van der Waals surface area (Å²) in [5.41, 5.74) is 1.85. The number of carbonyl (C=O) groups is 1. The van der Waals surface area contributed by atoms with E-state index in [-0.39, 0.29) is 16.7 Å². The first-order valence-electron chi connectivity index (χ1n) is 13.2. The number of benzene rings is 1. The lowest BCUT2D eigenvalue weighted by Gasteiger charge is -2.57. The van der Waals surface area contributed by atoms with Gasteiger partial charge in [-0.1, -0.05) is 51.2 Å². The number of ether oxygens (including phenoxy) is 3. The van der Waals surface area contributed by atoms with E-state index in [0.29, 0.717) is 42.8 Å². The zero-order valence-electron chi connectivity index (χ0n) is 21.0. The van der Waals surface area contributed by atoms with Gasteiger partial charge in [0.1, 0.15) is 18.1 Å². The zero-order valence-corrected chi connectivity index (χ0v) is 21.0. The second-order valence-corrected chi connectivity index (χ2v) is 10.8. The van der Waals surface area contributed by atoms with Gasteiger partial charge >= 0.3 is 5.97 Å². The summed E-state index contributed by atoms with van der Waals surface area (Å²) in [4.78, 5) is 11.5. The Morgan fingerprint density at radius 1 is 1.26 bits per heavy atom. The third-order valence-electron chi connectivity index (χ3n) is 8.81. The van der Waals surface area contributed by atoms with Crippen LogP contribution in [0.2, 0.25) is 0 Å². The number of nitrogens with zero attached hydrogens (tertiary/aromatic N) is 1. The van der Waals surface area contributed by atoms with E-state index < -0.39 is 5.97 Å². The third kappa shape index (κ3) is 5.73. The van der Waals surface area contributed by atoms with E-state index in [9.17, 15) is 9.90 Å². The molecule has 6 nitrogen and oxygen atoms in total. The SMILES string of the molecule is C1CCCC1.C=C1CCC2C3COCOC3CCC2(C)C1CCOc1cc(C#N)ccc1C(=O)O. The molecule has 0 bridgehead atoms. The molecule has 0 aromatic heterocycles.